The molecule has 1 aromatic carbocycles. The Morgan fingerprint density at radius 2 is 2.08 bits per heavy atom. The van der Waals surface area contributed by atoms with Crippen molar-refractivity contribution in [2.45, 2.75) is 44.4 Å². The van der Waals surface area contributed by atoms with E-state index >= 15 is 0 Å². The summed E-state index contributed by atoms with van der Waals surface area (Å²) in [5.41, 5.74) is 4.51. The van der Waals surface area contributed by atoms with Crippen LogP contribution in [0.5, 0.6) is 0 Å². The maximum atomic E-state index is 13.4. The average Bonchev–Trinajstić information content (AvgIpc) is 2.55. The molecule has 1 fully saturated rings. The van der Waals surface area contributed by atoms with E-state index in [4.69, 9.17) is 5.73 Å². The highest BCUT2D eigenvalue weighted by molar-refractivity contribution is 5.76. The third-order valence-corrected chi connectivity index (χ3v) is 4.38. The molecule has 140 valence electrons. The number of piperidine rings is 1. The van der Waals surface area contributed by atoms with Gasteiger partial charge >= 0.3 is 6.18 Å². The molecular formula is C17H23F4N3O. The summed E-state index contributed by atoms with van der Waals surface area (Å²) in [7, 11) is 0. The molecule has 1 unspecified atom stereocenters. The molecule has 1 aliphatic rings. The second-order valence-electron chi connectivity index (χ2n) is 6.27. The number of hydrogen-bond donors (Lipinski definition) is 2. The van der Waals surface area contributed by atoms with Crippen LogP contribution in [0.15, 0.2) is 18.2 Å². The normalized spacial score (nSPS) is 19.0. The van der Waals surface area contributed by atoms with Gasteiger partial charge in [-0.15, -0.1) is 0 Å². The van der Waals surface area contributed by atoms with Gasteiger partial charge in [0.25, 0.3) is 0 Å². The zero-order valence-corrected chi connectivity index (χ0v) is 13.9. The lowest BCUT2D eigenvalue weighted by Crippen LogP contribution is -2.46. The molecule has 25 heavy (non-hydrogen) atoms. The van der Waals surface area contributed by atoms with Gasteiger partial charge in [0.1, 0.15) is 5.82 Å². The van der Waals surface area contributed by atoms with Crippen LogP contribution in [0.1, 0.15) is 36.8 Å². The number of hydrogen-bond acceptors (Lipinski definition) is 3. The van der Waals surface area contributed by atoms with E-state index in [9.17, 15) is 22.4 Å². The summed E-state index contributed by atoms with van der Waals surface area (Å²) in [6, 6.07) is 3.16. The molecule has 1 atom stereocenters. The Balaban J connectivity index is 2.04. The quantitative estimate of drug-likeness (QED) is 0.766. The topological polar surface area (TPSA) is 58.4 Å². The van der Waals surface area contributed by atoms with E-state index in [-0.39, 0.29) is 24.9 Å². The summed E-state index contributed by atoms with van der Waals surface area (Å²) < 4.78 is 52.0. The minimum atomic E-state index is -4.71. The molecule has 1 saturated heterocycles. The van der Waals surface area contributed by atoms with Crippen molar-refractivity contribution in [1.29, 1.82) is 0 Å². The summed E-state index contributed by atoms with van der Waals surface area (Å²) in [5.74, 6) is -1.39. The van der Waals surface area contributed by atoms with Gasteiger partial charge in [0, 0.05) is 32.1 Å². The van der Waals surface area contributed by atoms with Crippen LogP contribution in [-0.2, 0) is 17.5 Å². The molecule has 2 rings (SSSR count). The molecule has 1 aromatic rings. The third kappa shape index (κ3) is 5.67. The smallest absolute Gasteiger partial charge is 0.354 e. The highest BCUT2D eigenvalue weighted by Gasteiger charge is 2.34. The fourth-order valence-corrected chi connectivity index (χ4v) is 3.07. The van der Waals surface area contributed by atoms with Crippen LogP contribution in [0, 0.1) is 5.82 Å². The van der Waals surface area contributed by atoms with Crippen molar-refractivity contribution in [1.82, 2.24) is 10.2 Å². The Bertz CT molecular complexity index is 592. The molecule has 0 aromatic heterocycles. The van der Waals surface area contributed by atoms with Crippen molar-refractivity contribution in [2.75, 3.05) is 19.6 Å². The number of rotatable bonds is 6. The zero-order chi connectivity index (χ0) is 18.4. The predicted octanol–water partition coefficient (Wildman–Crippen LogP) is 2.66. The van der Waals surface area contributed by atoms with Gasteiger partial charge in [-0.1, -0.05) is 12.5 Å². The van der Waals surface area contributed by atoms with Gasteiger partial charge in [-0.05, 0) is 37.1 Å². The van der Waals surface area contributed by atoms with Crippen LogP contribution in [0.2, 0.25) is 0 Å². The molecule has 3 N–H and O–H groups in total. The number of carbonyl (C=O) groups excluding carboxylic acids is 1. The van der Waals surface area contributed by atoms with E-state index < -0.39 is 17.6 Å². The van der Waals surface area contributed by atoms with Gasteiger partial charge in [0.05, 0.1) is 5.56 Å². The monoisotopic (exact) mass is 361 g/mol. The van der Waals surface area contributed by atoms with Crippen molar-refractivity contribution < 1.29 is 22.4 Å². The van der Waals surface area contributed by atoms with E-state index in [2.05, 4.69) is 5.32 Å². The number of alkyl halides is 3. The second-order valence-corrected chi connectivity index (χ2v) is 6.27. The fourth-order valence-electron chi connectivity index (χ4n) is 3.07. The molecule has 0 radical (unpaired) electrons. The number of nitrogens with two attached hydrogens (primary N) is 1. The first-order chi connectivity index (χ1) is 11.8. The van der Waals surface area contributed by atoms with Crippen molar-refractivity contribution in [3.8, 4) is 0 Å². The number of likely N-dealkylation sites (tertiary alicyclic amines) is 1. The summed E-state index contributed by atoms with van der Waals surface area (Å²) >= 11 is 0. The summed E-state index contributed by atoms with van der Waals surface area (Å²) in [5, 5.41) is 2.81. The number of nitrogens with zero attached hydrogens (tertiary/aromatic N) is 1. The van der Waals surface area contributed by atoms with Crippen LogP contribution in [0.3, 0.4) is 0 Å². The van der Waals surface area contributed by atoms with Crippen LogP contribution >= 0.6 is 0 Å². The Kier molecular flexibility index (Phi) is 6.78. The Labute approximate surface area is 144 Å². The lowest BCUT2D eigenvalue weighted by molar-refractivity contribution is -0.140. The Morgan fingerprint density at radius 3 is 2.76 bits per heavy atom. The number of carbonyl (C=O) groups is 1. The highest BCUT2D eigenvalue weighted by atomic mass is 19.4. The van der Waals surface area contributed by atoms with E-state index in [1.165, 1.54) is 6.07 Å². The maximum Gasteiger partial charge on any atom is 0.419 e. The molecule has 4 nitrogen and oxygen atoms in total. The molecule has 0 saturated carbocycles. The zero-order valence-electron chi connectivity index (χ0n) is 13.9. The third-order valence-electron chi connectivity index (χ3n) is 4.38. The fraction of sp³-hybridized carbons (Fsp3) is 0.588. The Morgan fingerprint density at radius 1 is 1.32 bits per heavy atom. The first-order valence-electron chi connectivity index (χ1n) is 8.37. The summed E-state index contributed by atoms with van der Waals surface area (Å²) in [4.78, 5) is 13.6. The largest absolute Gasteiger partial charge is 0.419 e. The minimum absolute atomic E-state index is 0.0508. The molecule has 0 bridgehead atoms. The molecule has 1 amide bonds. The second kappa shape index (κ2) is 8.62. The molecule has 1 heterocycles. The lowest BCUT2D eigenvalue weighted by Gasteiger charge is -2.36. The van der Waals surface area contributed by atoms with Crippen LogP contribution < -0.4 is 11.1 Å². The van der Waals surface area contributed by atoms with E-state index in [0.717, 1.165) is 37.9 Å². The van der Waals surface area contributed by atoms with Crippen molar-refractivity contribution in [3.63, 3.8) is 0 Å². The molecule has 8 heteroatoms. The van der Waals surface area contributed by atoms with E-state index in [0.29, 0.717) is 18.7 Å². The van der Waals surface area contributed by atoms with Crippen molar-refractivity contribution >= 4 is 5.91 Å². The van der Waals surface area contributed by atoms with Gasteiger partial charge in [-0.3, -0.25) is 9.69 Å². The van der Waals surface area contributed by atoms with Gasteiger partial charge in [0.2, 0.25) is 5.91 Å². The number of nitrogens with one attached hydrogen (secondary N) is 1. The first kappa shape index (κ1) is 19.7. The SMILES string of the molecule is NCCC(=O)NCC1CCCCN1Cc1ccc(F)c(C(F)(F)F)c1. The molecular weight excluding hydrogens is 338 g/mol. The van der Waals surface area contributed by atoms with Crippen molar-refractivity contribution in [2.24, 2.45) is 5.73 Å². The number of amides is 1. The van der Waals surface area contributed by atoms with Crippen LogP contribution in [0.4, 0.5) is 17.6 Å². The van der Waals surface area contributed by atoms with Gasteiger partial charge < -0.3 is 11.1 Å². The average molecular weight is 361 g/mol. The number of halogens is 4. The molecule has 0 aliphatic carbocycles. The predicted molar refractivity (Wildman–Crippen MR) is 86.1 cm³/mol. The maximum absolute atomic E-state index is 13.4. The summed E-state index contributed by atoms with van der Waals surface area (Å²) in [6.45, 7) is 1.74. The molecule has 0 spiro atoms. The van der Waals surface area contributed by atoms with E-state index in [1.807, 2.05) is 4.90 Å². The van der Waals surface area contributed by atoms with Gasteiger partial charge in [-0.2, -0.15) is 13.2 Å². The number of benzene rings is 1. The van der Waals surface area contributed by atoms with Crippen LogP contribution in [-0.4, -0.2) is 36.5 Å². The molecule has 1 aliphatic heterocycles. The lowest BCUT2D eigenvalue weighted by atomic mass is 10.0. The van der Waals surface area contributed by atoms with Gasteiger partial charge in [-0.25, -0.2) is 4.39 Å². The van der Waals surface area contributed by atoms with Gasteiger partial charge in [0.15, 0.2) is 0 Å². The standard InChI is InChI=1S/C17H23F4N3O/c18-15-5-4-12(9-14(15)17(19,20)21)11-24-8-2-1-3-13(24)10-23-16(25)6-7-22/h4-5,9,13H,1-3,6-8,10-11,22H2,(H,23,25). The van der Waals surface area contributed by atoms with E-state index in [1.54, 1.807) is 0 Å². The minimum Gasteiger partial charge on any atom is -0.354 e. The first-order valence-corrected chi connectivity index (χ1v) is 8.37. The van der Waals surface area contributed by atoms with Crippen LogP contribution in [0.25, 0.3) is 0 Å². The highest BCUT2D eigenvalue weighted by Crippen LogP contribution is 2.32. The Hall–Kier alpha value is -1.67. The van der Waals surface area contributed by atoms with Crippen molar-refractivity contribution in [3.05, 3.63) is 35.1 Å². The summed E-state index contributed by atoms with van der Waals surface area (Å²) in [6.07, 6.45) is -1.65.